The monoisotopic (exact) mass is 474 g/mol. The molecule has 2 aromatic carbocycles. The van der Waals surface area contributed by atoms with Gasteiger partial charge in [-0.05, 0) is 61.1 Å². The lowest BCUT2D eigenvalue weighted by molar-refractivity contribution is -0.143. The van der Waals surface area contributed by atoms with E-state index in [9.17, 15) is 4.79 Å². The maximum atomic E-state index is 11.4. The van der Waals surface area contributed by atoms with Crippen molar-refractivity contribution in [3.63, 3.8) is 0 Å². The van der Waals surface area contributed by atoms with Gasteiger partial charge in [0, 0.05) is 37.4 Å². The molecule has 0 atom stereocenters. The van der Waals surface area contributed by atoms with Gasteiger partial charge in [0.15, 0.2) is 0 Å². The molecule has 0 saturated carbocycles. The van der Waals surface area contributed by atoms with Gasteiger partial charge in [-0.2, -0.15) is 0 Å². The summed E-state index contributed by atoms with van der Waals surface area (Å²) in [6, 6.07) is 19.8. The van der Waals surface area contributed by atoms with Crippen molar-refractivity contribution in [2.75, 3.05) is 20.3 Å². The molecule has 0 aliphatic carbocycles. The maximum absolute atomic E-state index is 11.4. The number of nitrogens with two attached hydrogens (primary N) is 1. The number of esters is 1. The van der Waals surface area contributed by atoms with Crippen molar-refractivity contribution in [2.24, 2.45) is 10.7 Å². The fraction of sp³-hybridized carbons (Fsp3) is 0.310. The molecule has 6 nitrogen and oxygen atoms in total. The molecule has 0 spiro atoms. The van der Waals surface area contributed by atoms with Gasteiger partial charge in [0.05, 0.1) is 19.5 Å². The van der Waals surface area contributed by atoms with Crippen molar-refractivity contribution < 1.29 is 18.7 Å². The van der Waals surface area contributed by atoms with Gasteiger partial charge in [0.2, 0.25) is 0 Å². The Morgan fingerprint density at radius 1 is 1.03 bits per heavy atom. The molecule has 0 fully saturated rings. The molecule has 3 aromatic rings. The molecule has 35 heavy (non-hydrogen) atoms. The summed E-state index contributed by atoms with van der Waals surface area (Å²) >= 11 is 0. The summed E-state index contributed by atoms with van der Waals surface area (Å²) in [5.41, 5.74) is 11.1. The van der Waals surface area contributed by atoms with Crippen LogP contribution in [0.1, 0.15) is 43.7 Å². The van der Waals surface area contributed by atoms with Gasteiger partial charge < -0.3 is 19.6 Å². The van der Waals surface area contributed by atoms with Gasteiger partial charge in [-0.15, -0.1) is 0 Å². The Labute approximate surface area is 207 Å². The predicted molar refractivity (Wildman–Crippen MR) is 140 cm³/mol. The highest BCUT2D eigenvalue weighted by atomic mass is 16.5. The highest BCUT2D eigenvalue weighted by molar-refractivity contribution is 5.91. The number of aliphatic imine (C=N–C) groups is 1. The molecule has 0 aliphatic rings. The average Bonchev–Trinajstić information content (AvgIpc) is 3.42. The van der Waals surface area contributed by atoms with E-state index >= 15 is 0 Å². The number of furan rings is 1. The SMILES string of the molecule is CCOC(=O)CCCCCOc1ccccc1CC(C=NC)=C(N)c1ccc(-c2ccco2)cc1. The Morgan fingerprint density at radius 2 is 1.83 bits per heavy atom. The maximum Gasteiger partial charge on any atom is 0.305 e. The summed E-state index contributed by atoms with van der Waals surface area (Å²) in [6.07, 6.45) is 7.11. The predicted octanol–water partition coefficient (Wildman–Crippen LogP) is 6.06. The minimum Gasteiger partial charge on any atom is -0.493 e. The van der Waals surface area contributed by atoms with E-state index in [1.165, 1.54) is 0 Å². The largest absolute Gasteiger partial charge is 0.493 e. The Kier molecular flexibility index (Phi) is 10.2. The van der Waals surface area contributed by atoms with Crippen molar-refractivity contribution in [1.29, 1.82) is 0 Å². The molecule has 0 unspecified atom stereocenters. The molecule has 0 radical (unpaired) electrons. The molecule has 0 saturated heterocycles. The number of carbonyl (C=O) groups is 1. The van der Waals surface area contributed by atoms with Gasteiger partial charge in [-0.1, -0.05) is 42.5 Å². The van der Waals surface area contributed by atoms with Crippen LogP contribution in [0.2, 0.25) is 0 Å². The van der Waals surface area contributed by atoms with Crippen LogP contribution in [0, 0.1) is 0 Å². The Balaban J connectivity index is 1.64. The summed E-state index contributed by atoms with van der Waals surface area (Å²) in [5.74, 6) is 1.52. The molecule has 184 valence electrons. The number of ether oxygens (including phenoxy) is 2. The standard InChI is InChI=1S/C29H34N2O4/c1-3-33-28(32)13-5-4-8-18-34-27-11-7-6-10-24(27)20-25(21-31-2)29(30)23-16-14-22(15-17-23)26-12-9-19-35-26/h6-7,9-12,14-17,19,21H,3-5,8,13,18,20,30H2,1-2H3. The lowest BCUT2D eigenvalue weighted by atomic mass is 9.99. The highest BCUT2D eigenvalue weighted by Gasteiger charge is 2.11. The second-order valence-electron chi connectivity index (χ2n) is 8.13. The minimum absolute atomic E-state index is 0.135. The van der Waals surface area contributed by atoms with Crippen LogP contribution in [0.4, 0.5) is 0 Å². The zero-order valence-corrected chi connectivity index (χ0v) is 20.5. The number of carbonyl (C=O) groups excluding carboxylic acids is 1. The van der Waals surface area contributed by atoms with Crippen LogP contribution in [0.5, 0.6) is 5.75 Å². The number of nitrogens with zero attached hydrogens (tertiary/aromatic N) is 1. The lowest BCUT2D eigenvalue weighted by Gasteiger charge is -2.14. The molecular formula is C29H34N2O4. The second kappa shape index (κ2) is 13.8. The van der Waals surface area contributed by atoms with Gasteiger partial charge in [-0.25, -0.2) is 0 Å². The number of allylic oxidation sites excluding steroid dienone is 1. The molecule has 1 heterocycles. The summed E-state index contributed by atoms with van der Waals surface area (Å²) in [7, 11) is 1.74. The van der Waals surface area contributed by atoms with E-state index in [0.29, 0.717) is 31.8 Å². The minimum atomic E-state index is -0.135. The Bertz CT molecular complexity index is 1120. The van der Waals surface area contributed by atoms with E-state index in [1.807, 2.05) is 73.8 Å². The van der Waals surface area contributed by atoms with Crippen molar-refractivity contribution in [3.8, 4) is 17.1 Å². The van der Waals surface area contributed by atoms with Crippen LogP contribution in [0.25, 0.3) is 17.0 Å². The third-order valence-corrected chi connectivity index (χ3v) is 5.57. The van der Waals surface area contributed by atoms with Crippen LogP contribution in [0.15, 0.2) is 81.9 Å². The van der Waals surface area contributed by atoms with Gasteiger partial charge >= 0.3 is 5.97 Å². The quantitative estimate of drug-likeness (QED) is 0.185. The summed E-state index contributed by atoms with van der Waals surface area (Å²) in [5, 5.41) is 0. The second-order valence-corrected chi connectivity index (χ2v) is 8.13. The van der Waals surface area contributed by atoms with Crippen molar-refractivity contribution in [2.45, 2.75) is 39.0 Å². The normalized spacial score (nSPS) is 11.9. The first kappa shape index (κ1) is 25.8. The van der Waals surface area contributed by atoms with Crippen LogP contribution in [-0.4, -0.2) is 32.4 Å². The molecule has 2 N–H and O–H groups in total. The first-order valence-electron chi connectivity index (χ1n) is 12.0. The zero-order valence-electron chi connectivity index (χ0n) is 20.5. The fourth-order valence-corrected chi connectivity index (χ4v) is 3.77. The third-order valence-electron chi connectivity index (χ3n) is 5.57. The summed E-state index contributed by atoms with van der Waals surface area (Å²) in [6.45, 7) is 2.84. The summed E-state index contributed by atoms with van der Waals surface area (Å²) < 4.78 is 16.5. The molecule has 1 aromatic heterocycles. The first-order valence-corrected chi connectivity index (χ1v) is 12.0. The number of benzene rings is 2. The average molecular weight is 475 g/mol. The molecule has 0 aliphatic heterocycles. The number of unbranched alkanes of at least 4 members (excludes halogenated alkanes) is 2. The van der Waals surface area contributed by atoms with E-state index in [1.54, 1.807) is 13.3 Å². The zero-order chi connectivity index (χ0) is 24.9. The highest BCUT2D eigenvalue weighted by Crippen LogP contribution is 2.26. The number of hydrogen-bond acceptors (Lipinski definition) is 6. The Hall–Kier alpha value is -3.80. The Morgan fingerprint density at radius 3 is 2.54 bits per heavy atom. The first-order chi connectivity index (χ1) is 17.1. The summed E-state index contributed by atoms with van der Waals surface area (Å²) in [4.78, 5) is 15.7. The molecule has 6 heteroatoms. The van der Waals surface area contributed by atoms with Crippen LogP contribution < -0.4 is 10.5 Å². The lowest BCUT2D eigenvalue weighted by Crippen LogP contribution is -2.07. The smallest absolute Gasteiger partial charge is 0.305 e. The van der Waals surface area contributed by atoms with Crippen molar-refractivity contribution in [1.82, 2.24) is 0 Å². The van der Waals surface area contributed by atoms with E-state index in [4.69, 9.17) is 19.6 Å². The van der Waals surface area contributed by atoms with Crippen molar-refractivity contribution in [3.05, 3.63) is 83.6 Å². The van der Waals surface area contributed by atoms with Gasteiger partial charge in [-0.3, -0.25) is 9.79 Å². The fourth-order valence-electron chi connectivity index (χ4n) is 3.77. The van der Waals surface area contributed by atoms with Crippen LogP contribution in [0.3, 0.4) is 0 Å². The van der Waals surface area contributed by atoms with Gasteiger partial charge in [0.1, 0.15) is 11.5 Å². The van der Waals surface area contributed by atoms with E-state index in [0.717, 1.165) is 53.0 Å². The van der Waals surface area contributed by atoms with E-state index in [2.05, 4.69) is 4.99 Å². The number of hydrogen-bond donors (Lipinski definition) is 1. The molecule has 3 rings (SSSR count). The third kappa shape index (κ3) is 7.88. The van der Waals surface area contributed by atoms with Crippen LogP contribution in [-0.2, 0) is 16.0 Å². The number of rotatable bonds is 13. The molecular weight excluding hydrogens is 440 g/mol. The number of para-hydroxylation sites is 1. The van der Waals surface area contributed by atoms with Crippen LogP contribution >= 0.6 is 0 Å². The molecule has 0 bridgehead atoms. The van der Waals surface area contributed by atoms with Gasteiger partial charge in [0.25, 0.3) is 0 Å². The topological polar surface area (TPSA) is 87.0 Å². The van der Waals surface area contributed by atoms with E-state index in [-0.39, 0.29) is 5.97 Å². The van der Waals surface area contributed by atoms with Crippen molar-refractivity contribution >= 4 is 17.9 Å². The van der Waals surface area contributed by atoms with E-state index < -0.39 is 0 Å². The molecule has 0 amide bonds.